The average Bonchev–Trinajstić information content (AvgIpc) is 2.48. The van der Waals surface area contributed by atoms with E-state index in [1.165, 1.54) is 23.2 Å². The van der Waals surface area contributed by atoms with Crippen LogP contribution in [0.1, 0.15) is 24.5 Å². The van der Waals surface area contributed by atoms with E-state index in [4.69, 9.17) is 5.73 Å². The Bertz CT molecular complexity index is 410. The summed E-state index contributed by atoms with van der Waals surface area (Å²) in [6.07, 6.45) is 1.19. The Hall–Kier alpha value is -1.06. The molecule has 0 spiro atoms. The van der Waals surface area contributed by atoms with Gasteiger partial charge in [-0.25, -0.2) is 0 Å². The summed E-state index contributed by atoms with van der Waals surface area (Å²) in [5.41, 5.74) is 9.96. The van der Waals surface area contributed by atoms with E-state index in [2.05, 4.69) is 55.8 Å². The third-order valence-corrected chi connectivity index (χ3v) is 4.27. The second kappa shape index (κ2) is 5.93. The molecule has 0 radical (unpaired) electrons. The second-order valence-corrected chi connectivity index (χ2v) is 6.01. The monoisotopic (exact) mass is 261 g/mol. The molecule has 2 unspecified atom stereocenters. The van der Waals surface area contributed by atoms with E-state index in [0.717, 1.165) is 19.6 Å². The Morgan fingerprint density at radius 1 is 1.21 bits per heavy atom. The van der Waals surface area contributed by atoms with Crippen molar-refractivity contribution in [3.05, 3.63) is 29.3 Å². The number of likely N-dealkylation sites (N-methyl/N-ethyl adjacent to an activating group) is 1. The van der Waals surface area contributed by atoms with Crippen LogP contribution in [0.15, 0.2) is 18.2 Å². The zero-order valence-electron chi connectivity index (χ0n) is 12.7. The van der Waals surface area contributed by atoms with Crippen LogP contribution in [0.25, 0.3) is 0 Å². The first-order chi connectivity index (χ1) is 9.01. The predicted octanol–water partition coefficient (Wildman–Crippen LogP) is 2.16. The SMILES string of the molecule is Cc1cc(C)cc(N2CC(CN)N(C)CCC2C)c1. The number of hydrogen-bond donors (Lipinski definition) is 1. The zero-order valence-corrected chi connectivity index (χ0v) is 12.7. The van der Waals surface area contributed by atoms with E-state index in [1.807, 2.05) is 0 Å². The Morgan fingerprint density at radius 2 is 1.84 bits per heavy atom. The van der Waals surface area contributed by atoms with Gasteiger partial charge in [0.25, 0.3) is 0 Å². The topological polar surface area (TPSA) is 32.5 Å². The maximum absolute atomic E-state index is 5.94. The molecule has 2 N–H and O–H groups in total. The lowest BCUT2D eigenvalue weighted by Gasteiger charge is -2.32. The molecular formula is C16H27N3. The van der Waals surface area contributed by atoms with Gasteiger partial charge in [-0.2, -0.15) is 0 Å². The lowest BCUT2D eigenvalue weighted by atomic mass is 10.1. The molecule has 1 aromatic rings. The molecule has 0 bridgehead atoms. The molecule has 1 saturated heterocycles. The van der Waals surface area contributed by atoms with Crippen LogP contribution in [0, 0.1) is 13.8 Å². The summed E-state index contributed by atoms with van der Waals surface area (Å²) >= 11 is 0. The van der Waals surface area contributed by atoms with Gasteiger partial charge in [0.1, 0.15) is 0 Å². The summed E-state index contributed by atoms with van der Waals surface area (Å²) in [5, 5.41) is 0. The molecular weight excluding hydrogens is 234 g/mol. The molecule has 1 heterocycles. The van der Waals surface area contributed by atoms with Crippen LogP contribution in [0.3, 0.4) is 0 Å². The average molecular weight is 261 g/mol. The lowest BCUT2D eigenvalue weighted by molar-refractivity contribution is 0.265. The van der Waals surface area contributed by atoms with Crippen molar-refractivity contribution in [2.45, 2.75) is 39.3 Å². The van der Waals surface area contributed by atoms with Crippen LogP contribution in [0.4, 0.5) is 5.69 Å². The molecule has 2 rings (SSSR count). The molecule has 2 atom stereocenters. The number of nitrogens with zero attached hydrogens (tertiary/aromatic N) is 2. The van der Waals surface area contributed by atoms with Gasteiger partial charge in [0.2, 0.25) is 0 Å². The van der Waals surface area contributed by atoms with Crippen molar-refractivity contribution in [3.63, 3.8) is 0 Å². The standard InChI is InChI=1S/C16H27N3/c1-12-7-13(2)9-15(8-12)19-11-16(10-17)18(4)6-5-14(19)3/h7-9,14,16H,5-6,10-11,17H2,1-4H3. The first-order valence-electron chi connectivity index (χ1n) is 7.26. The molecule has 19 heavy (non-hydrogen) atoms. The Kier molecular flexibility index (Phi) is 4.48. The van der Waals surface area contributed by atoms with Crippen LogP contribution < -0.4 is 10.6 Å². The van der Waals surface area contributed by atoms with Crippen molar-refractivity contribution in [2.24, 2.45) is 5.73 Å². The lowest BCUT2D eigenvalue weighted by Crippen LogP contribution is -2.45. The summed E-state index contributed by atoms with van der Waals surface area (Å²) in [6.45, 7) is 9.55. The van der Waals surface area contributed by atoms with Gasteiger partial charge in [-0.05, 0) is 57.5 Å². The highest BCUT2D eigenvalue weighted by Crippen LogP contribution is 2.25. The fourth-order valence-corrected chi connectivity index (χ4v) is 3.01. The number of aryl methyl sites for hydroxylation is 2. The molecule has 0 aromatic heterocycles. The maximum atomic E-state index is 5.94. The maximum Gasteiger partial charge on any atom is 0.0390 e. The smallest absolute Gasteiger partial charge is 0.0390 e. The molecule has 3 heteroatoms. The third-order valence-electron chi connectivity index (χ3n) is 4.27. The predicted molar refractivity (Wildman–Crippen MR) is 82.8 cm³/mol. The summed E-state index contributed by atoms with van der Waals surface area (Å²) in [7, 11) is 2.19. The van der Waals surface area contributed by atoms with Crippen molar-refractivity contribution in [3.8, 4) is 0 Å². The number of benzene rings is 1. The van der Waals surface area contributed by atoms with Gasteiger partial charge >= 0.3 is 0 Å². The minimum absolute atomic E-state index is 0.450. The quantitative estimate of drug-likeness (QED) is 0.885. The van der Waals surface area contributed by atoms with Crippen molar-refractivity contribution >= 4 is 5.69 Å². The largest absolute Gasteiger partial charge is 0.367 e. The highest BCUT2D eigenvalue weighted by molar-refractivity contribution is 5.52. The van der Waals surface area contributed by atoms with Gasteiger partial charge in [-0.1, -0.05) is 6.07 Å². The number of rotatable bonds is 2. The van der Waals surface area contributed by atoms with Crippen molar-refractivity contribution in [1.29, 1.82) is 0 Å². The molecule has 0 amide bonds. The van der Waals surface area contributed by atoms with E-state index >= 15 is 0 Å². The van der Waals surface area contributed by atoms with Gasteiger partial charge in [0.15, 0.2) is 0 Å². The van der Waals surface area contributed by atoms with Crippen LogP contribution in [-0.2, 0) is 0 Å². The van der Waals surface area contributed by atoms with Crippen molar-refractivity contribution in [1.82, 2.24) is 4.90 Å². The molecule has 106 valence electrons. The number of anilines is 1. The highest BCUT2D eigenvalue weighted by Gasteiger charge is 2.25. The third kappa shape index (κ3) is 3.28. The molecule has 0 saturated carbocycles. The fourth-order valence-electron chi connectivity index (χ4n) is 3.01. The minimum Gasteiger partial charge on any atom is -0.367 e. The first-order valence-corrected chi connectivity index (χ1v) is 7.26. The molecule has 1 aromatic carbocycles. The van der Waals surface area contributed by atoms with Crippen molar-refractivity contribution in [2.75, 3.05) is 31.6 Å². The summed E-state index contributed by atoms with van der Waals surface area (Å²) < 4.78 is 0. The summed E-state index contributed by atoms with van der Waals surface area (Å²) in [5.74, 6) is 0. The molecule has 0 aliphatic carbocycles. The molecule has 1 aliphatic rings. The van der Waals surface area contributed by atoms with Crippen LogP contribution in [0.2, 0.25) is 0 Å². The number of hydrogen-bond acceptors (Lipinski definition) is 3. The second-order valence-electron chi connectivity index (χ2n) is 6.01. The number of nitrogens with two attached hydrogens (primary N) is 1. The van der Waals surface area contributed by atoms with Gasteiger partial charge in [0, 0.05) is 37.4 Å². The van der Waals surface area contributed by atoms with Gasteiger partial charge in [-0.3, -0.25) is 0 Å². The summed E-state index contributed by atoms with van der Waals surface area (Å²) in [6, 6.07) is 7.84. The van der Waals surface area contributed by atoms with Crippen LogP contribution >= 0.6 is 0 Å². The first kappa shape index (κ1) is 14.4. The van der Waals surface area contributed by atoms with Gasteiger partial charge < -0.3 is 15.5 Å². The molecule has 1 aliphatic heterocycles. The normalized spacial score (nSPS) is 25.4. The van der Waals surface area contributed by atoms with E-state index in [0.29, 0.717) is 12.1 Å². The highest BCUT2D eigenvalue weighted by atomic mass is 15.3. The van der Waals surface area contributed by atoms with E-state index in [-0.39, 0.29) is 0 Å². The van der Waals surface area contributed by atoms with Gasteiger partial charge in [-0.15, -0.1) is 0 Å². The Labute approximate surface area is 117 Å². The zero-order chi connectivity index (χ0) is 14.0. The van der Waals surface area contributed by atoms with Crippen LogP contribution in [0.5, 0.6) is 0 Å². The van der Waals surface area contributed by atoms with Crippen molar-refractivity contribution < 1.29 is 0 Å². The van der Waals surface area contributed by atoms with E-state index in [9.17, 15) is 0 Å². The van der Waals surface area contributed by atoms with E-state index < -0.39 is 0 Å². The minimum atomic E-state index is 0.450. The van der Waals surface area contributed by atoms with Gasteiger partial charge in [0.05, 0.1) is 0 Å². The summed E-state index contributed by atoms with van der Waals surface area (Å²) in [4.78, 5) is 4.93. The van der Waals surface area contributed by atoms with Crippen LogP contribution in [-0.4, -0.2) is 43.7 Å². The molecule has 3 nitrogen and oxygen atoms in total. The Balaban J connectivity index is 2.29. The van der Waals surface area contributed by atoms with E-state index in [1.54, 1.807) is 0 Å². The fraction of sp³-hybridized carbons (Fsp3) is 0.625. The molecule has 1 fully saturated rings. The Morgan fingerprint density at radius 3 is 2.42 bits per heavy atom.